The number of carbonyl (C=O) groups is 2. The molecule has 0 saturated carbocycles. The van der Waals surface area contributed by atoms with E-state index in [4.69, 9.17) is 17.3 Å². The second kappa shape index (κ2) is 7.43. The monoisotopic (exact) mass is 348 g/mol. The minimum Gasteiger partial charge on any atom is -0.480 e. The molecule has 1 aliphatic rings. The number of nitrogens with zero attached hydrogens (tertiary/aromatic N) is 2. The maximum Gasteiger partial charge on any atom is 0.323 e. The standard InChI is InChI=1S/C16H16N2O3S2/c1-17(2)12-8-6-11(7-9-12)4-3-5-13-15(21)18(10-14(19)20)16(22)23-13/h3-9H,10H2,1-2H3,(H,19,20). The van der Waals surface area contributed by atoms with E-state index < -0.39 is 12.5 Å². The third-order valence-corrected chi connectivity index (χ3v) is 4.51. The van der Waals surface area contributed by atoms with Gasteiger partial charge in [-0.2, -0.15) is 0 Å². The van der Waals surface area contributed by atoms with Crippen LogP contribution in [0.3, 0.4) is 0 Å². The number of carboxylic acid groups (broad SMARTS) is 1. The number of rotatable bonds is 5. The first kappa shape index (κ1) is 17.2. The average Bonchev–Trinajstić information content (AvgIpc) is 2.75. The lowest BCUT2D eigenvalue weighted by Gasteiger charge is -2.11. The Labute approximate surface area is 144 Å². The number of hydrogen-bond donors (Lipinski definition) is 1. The van der Waals surface area contributed by atoms with Crippen LogP contribution in [0, 0.1) is 0 Å². The minimum atomic E-state index is -1.08. The van der Waals surface area contributed by atoms with Crippen molar-refractivity contribution in [2.24, 2.45) is 0 Å². The van der Waals surface area contributed by atoms with E-state index in [1.807, 2.05) is 49.3 Å². The molecule has 2 rings (SSSR count). The second-order valence-electron chi connectivity index (χ2n) is 5.03. The van der Waals surface area contributed by atoms with Crippen LogP contribution in [0.25, 0.3) is 6.08 Å². The number of aliphatic carboxylic acids is 1. The number of thioether (sulfide) groups is 1. The lowest BCUT2D eigenvalue weighted by atomic mass is 10.2. The van der Waals surface area contributed by atoms with Gasteiger partial charge in [-0.05, 0) is 23.8 Å². The van der Waals surface area contributed by atoms with E-state index >= 15 is 0 Å². The van der Waals surface area contributed by atoms with Gasteiger partial charge in [-0.25, -0.2) is 0 Å². The highest BCUT2D eigenvalue weighted by Gasteiger charge is 2.32. The third-order valence-electron chi connectivity index (χ3n) is 3.11. The molecule has 1 aromatic carbocycles. The zero-order valence-electron chi connectivity index (χ0n) is 12.7. The topological polar surface area (TPSA) is 60.9 Å². The van der Waals surface area contributed by atoms with Crippen LogP contribution >= 0.6 is 24.0 Å². The summed E-state index contributed by atoms with van der Waals surface area (Å²) < 4.78 is 0.271. The van der Waals surface area contributed by atoms with Crippen molar-refractivity contribution in [1.29, 1.82) is 0 Å². The van der Waals surface area contributed by atoms with Gasteiger partial charge >= 0.3 is 5.97 Å². The van der Waals surface area contributed by atoms with Crippen molar-refractivity contribution >= 4 is 51.9 Å². The van der Waals surface area contributed by atoms with Crippen molar-refractivity contribution < 1.29 is 14.7 Å². The van der Waals surface area contributed by atoms with Crippen molar-refractivity contribution in [3.63, 3.8) is 0 Å². The van der Waals surface area contributed by atoms with Crippen molar-refractivity contribution in [1.82, 2.24) is 4.90 Å². The van der Waals surface area contributed by atoms with Crippen LogP contribution < -0.4 is 4.90 Å². The van der Waals surface area contributed by atoms with E-state index in [1.165, 1.54) is 0 Å². The van der Waals surface area contributed by atoms with E-state index in [1.54, 1.807) is 12.2 Å². The number of benzene rings is 1. The van der Waals surface area contributed by atoms with Crippen molar-refractivity contribution in [3.8, 4) is 0 Å². The van der Waals surface area contributed by atoms with Crippen LogP contribution in [0.2, 0.25) is 0 Å². The van der Waals surface area contributed by atoms with E-state index in [-0.39, 0.29) is 10.2 Å². The first-order chi connectivity index (χ1) is 10.9. The molecule has 0 aromatic heterocycles. The van der Waals surface area contributed by atoms with Crippen LogP contribution in [0.4, 0.5) is 5.69 Å². The molecule has 120 valence electrons. The molecule has 1 N–H and O–H groups in total. The van der Waals surface area contributed by atoms with Gasteiger partial charge in [0.25, 0.3) is 5.91 Å². The zero-order chi connectivity index (χ0) is 17.0. The maximum atomic E-state index is 12.1. The van der Waals surface area contributed by atoms with Gasteiger partial charge in [-0.15, -0.1) is 0 Å². The maximum absolute atomic E-state index is 12.1. The molecule has 0 radical (unpaired) electrons. The highest BCUT2D eigenvalue weighted by molar-refractivity contribution is 8.26. The Morgan fingerprint density at radius 1 is 1.35 bits per heavy atom. The Bertz CT molecular complexity index is 694. The number of allylic oxidation sites excluding steroid dienone is 2. The molecular formula is C16H16N2O3S2. The summed E-state index contributed by atoms with van der Waals surface area (Å²) in [4.78, 5) is 26.3. The first-order valence-electron chi connectivity index (χ1n) is 6.79. The fourth-order valence-electron chi connectivity index (χ4n) is 1.92. The van der Waals surface area contributed by atoms with Crippen molar-refractivity contribution in [2.45, 2.75) is 0 Å². The second-order valence-corrected chi connectivity index (χ2v) is 6.70. The van der Waals surface area contributed by atoms with Crippen LogP contribution in [0.5, 0.6) is 0 Å². The minimum absolute atomic E-state index is 0.271. The summed E-state index contributed by atoms with van der Waals surface area (Å²) in [5.41, 5.74) is 2.12. The molecule has 1 amide bonds. The Morgan fingerprint density at radius 3 is 2.57 bits per heavy atom. The zero-order valence-corrected chi connectivity index (χ0v) is 14.4. The Balaban J connectivity index is 2.06. The highest BCUT2D eigenvalue weighted by Crippen LogP contribution is 2.30. The molecule has 0 bridgehead atoms. The van der Waals surface area contributed by atoms with Crippen molar-refractivity contribution in [2.75, 3.05) is 25.5 Å². The summed E-state index contributed by atoms with van der Waals surface area (Å²) in [5, 5.41) is 8.78. The summed E-state index contributed by atoms with van der Waals surface area (Å²) in [6.45, 7) is -0.405. The van der Waals surface area contributed by atoms with Gasteiger partial charge in [-0.1, -0.05) is 48.3 Å². The molecule has 1 aromatic rings. The van der Waals surface area contributed by atoms with E-state index in [0.717, 1.165) is 27.9 Å². The summed E-state index contributed by atoms with van der Waals surface area (Å²) in [7, 11) is 3.95. The van der Waals surface area contributed by atoms with Gasteiger partial charge < -0.3 is 10.0 Å². The van der Waals surface area contributed by atoms with Crippen LogP contribution in [0.15, 0.2) is 41.3 Å². The molecule has 1 aliphatic heterocycles. The third kappa shape index (κ3) is 4.43. The van der Waals surface area contributed by atoms with Gasteiger partial charge in [0.2, 0.25) is 0 Å². The van der Waals surface area contributed by atoms with E-state index in [9.17, 15) is 9.59 Å². The first-order valence-corrected chi connectivity index (χ1v) is 8.02. The fourth-order valence-corrected chi connectivity index (χ4v) is 3.12. The molecule has 7 heteroatoms. The molecule has 0 aliphatic carbocycles. The van der Waals surface area contributed by atoms with Gasteiger partial charge in [0.1, 0.15) is 10.9 Å². The average molecular weight is 348 g/mol. The SMILES string of the molecule is CN(C)c1ccc(C=CC=C2SC(=S)N(CC(=O)O)C2=O)cc1. The van der Waals surface area contributed by atoms with Gasteiger partial charge in [-0.3, -0.25) is 14.5 Å². The van der Waals surface area contributed by atoms with Crippen LogP contribution in [-0.2, 0) is 9.59 Å². The van der Waals surface area contributed by atoms with Crippen LogP contribution in [0.1, 0.15) is 5.56 Å². The number of carboxylic acids is 1. The highest BCUT2D eigenvalue weighted by atomic mass is 32.2. The molecule has 0 unspecified atom stereocenters. The fraction of sp³-hybridized carbons (Fsp3) is 0.188. The van der Waals surface area contributed by atoms with Gasteiger partial charge in [0.15, 0.2) is 0 Å². The number of carbonyl (C=O) groups excluding carboxylic acids is 1. The quantitative estimate of drug-likeness (QED) is 0.652. The Morgan fingerprint density at radius 2 is 2.00 bits per heavy atom. The largest absolute Gasteiger partial charge is 0.480 e. The van der Waals surface area contributed by atoms with Crippen LogP contribution in [-0.4, -0.2) is 46.8 Å². The Kier molecular flexibility index (Phi) is 5.57. The molecule has 5 nitrogen and oxygen atoms in total. The molecule has 1 heterocycles. The predicted molar refractivity (Wildman–Crippen MR) is 97.4 cm³/mol. The molecule has 23 heavy (non-hydrogen) atoms. The molecule has 1 saturated heterocycles. The molecule has 1 fully saturated rings. The molecular weight excluding hydrogens is 332 g/mol. The van der Waals surface area contributed by atoms with E-state index in [2.05, 4.69) is 0 Å². The summed E-state index contributed by atoms with van der Waals surface area (Å²) in [6.07, 6.45) is 5.29. The molecule has 0 spiro atoms. The summed E-state index contributed by atoms with van der Waals surface area (Å²) in [6, 6.07) is 7.97. The summed E-state index contributed by atoms with van der Waals surface area (Å²) in [5.74, 6) is -1.45. The lowest BCUT2D eigenvalue weighted by Crippen LogP contribution is -2.33. The number of amides is 1. The van der Waals surface area contributed by atoms with Crippen molar-refractivity contribution in [3.05, 3.63) is 46.9 Å². The van der Waals surface area contributed by atoms with E-state index in [0.29, 0.717) is 4.91 Å². The predicted octanol–water partition coefficient (Wildman–Crippen LogP) is 2.59. The summed E-state index contributed by atoms with van der Waals surface area (Å²) >= 11 is 6.14. The van der Waals surface area contributed by atoms with Gasteiger partial charge in [0.05, 0.1) is 4.91 Å². The number of anilines is 1. The normalized spacial score (nSPS) is 16.6. The molecule has 0 atom stereocenters. The van der Waals surface area contributed by atoms with Gasteiger partial charge in [0, 0.05) is 19.8 Å². The Hall–Kier alpha value is -2.12. The number of hydrogen-bond acceptors (Lipinski definition) is 5. The lowest BCUT2D eigenvalue weighted by molar-refractivity contribution is -0.140. The number of thiocarbonyl (C=S) groups is 1. The smallest absolute Gasteiger partial charge is 0.323 e.